The third kappa shape index (κ3) is 8.83. The molecule has 0 saturated carbocycles. The van der Waals surface area contributed by atoms with Gasteiger partial charge in [-0.3, -0.25) is 24.0 Å². The Hall–Kier alpha value is -3.48. The fourth-order valence-electron chi connectivity index (χ4n) is 2.18. The molecular weight excluding hydrogens is 386 g/mol. The minimum absolute atomic E-state index is 0.00897. The normalized spacial score (nSPS) is 13.6. The summed E-state index contributed by atoms with van der Waals surface area (Å²) < 4.78 is 0. The van der Waals surface area contributed by atoms with Crippen LogP contribution in [0.25, 0.3) is 0 Å². The number of carbonyl (C=O) groups excluding carboxylic acids is 4. The lowest BCUT2D eigenvalue weighted by Gasteiger charge is -2.20. The molecule has 1 aromatic heterocycles. The Kier molecular flexibility index (Phi) is 9.25. The molecule has 9 N–H and O–H groups in total. The standard InChI is InChI=1S/C16H25N7O6/c1-8(16(28)29)22-13(25)6-20-15(27)11(4-9-5-19-7-21-9)23-14(26)10(17)2-3-12(18)24/h5,7-8,10-11H,2-4,6,17H2,1H3,(H2,18,24)(H,19,21)(H,20,27)(H,22,25)(H,23,26)(H,28,29). The van der Waals surface area contributed by atoms with Gasteiger partial charge in [0.1, 0.15) is 12.1 Å². The molecule has 0 aliphatic rings. The number of aliphatic carboxylic acids is 1. The van der Waals surface area contributed by atoms with Crippen LogP contribution in [0.4, 0.5) is 0 Å². The summed E-state index contributed by atoms with van der Waals surface area (Å²) in [5, 5.41) is 15.7. The number of hydrogen-bond acceptors (Lipinski definition) is 7. The molecule has 160 valence electrons. The predicted molar refractivity (Wildman–Crippen MR) is 98.9 cm³/mol. The van der Waals surface area contributed by atoms with Gasteiger partial charge < -0.3 is 37.5 Å². The number of carboxylic acids is 1. The summed E-state index contributed by atoms with van der Waals surface area (Å²) in [4.78, 5) is 64.6. The molecule has 0 spiro atoms. The summed E-state index contributed by atoms with van der Waals surface area (Å²) in [6.07, 6.45) is 2.81. The molecule has 0 radical (unpaired) electrons. The number of aromatic amines is 1. The van der Waals surface area contributed by atoms with Crippen molar-refractivity contribution >= 4 is 29.6 Å². The Morgan fingerprint density at radius 1 is 1.21 bits per heavy atom. The first-order valence-electron chi connectivity index (χ1n) is 8.71. The van der Waals surface area contributed by atoms with E-state index in [2.05, 4.69) is 25.9 Å². The van der Waals surface area contributed by atoms with Gasteiger partial charge in [-0.25, -0.2) is 4.98 Å². The van der Waals surface area contributed by atoms with Crippen LogP contribution in [0.3, 0.4) is 0 Å². The van der Waals surface area contributed by atoms with Gasteiger partial charge in [-0.15, -0.1) is 0 Å². The molecule has 3 unspecified atom stereocenters. The van der Waals surface area contributed by atoms with Gasteiger partial charge in [0.15, 0.2) is 0 Å². The molecule has 13 heteroatoms. The summed E-state index contributed by atoms with van der Waals surface area (Å²) >= 11 is 0. The molecule has 0 aliphatic carbocycles. The topological polar surface area (TPSA) is 222 Å². The van der Waals surface area contributed by atoms with Crippen LogP contribution in [-0.4, -0.2) is 69.3 Å². The average Bonchev–Trinajstić information content (AvgIpc) is 3.16. The van der Waals surface area contributed by atoms with E-state index < -0.39 is 54.3 Å². The Labute approximate surface area is 166 Å². The number of nitrogens with zero attached hydrogens (tertiary/aromatic N) is 1. The first-order valence-corrected chi connectivity index (χ1v) is 8.71. The van der Waals surface area contributed by atoms with Crippen molar-refractivity contribution in [1.82, 2.24) is 25.9 Å². The maximum absolute atomic E-state index is 12.4. The van der Waals surface area contributed by atoms with E-state index in [1.807, 2.05) is 0 Å². The fraction of sp³-hybridized carbons (Fsp3) is 0.500. The molecule has 0 aromatic carbocycles. The largest absolute Gasteiger partial charge is 0.480 e. The number of aromatic nitrogens is 2. The summed E-state index contributed by atoms with van der Waals surface area (Å²) in [6, 6.07) is -3.27. The van der Waals surface area contributed by atoms with Crippen LogP contribution in [0.5, 0.6) is 0 Å². The van der Waals surface area contributed by atoms with Gasteiger partial charge in [0, 0.05) is 24.7 Å². The fourth-order valence-corrected chi connectivity index (χ4v) is 2.18. The van der Waals surface area contributed by atoms with Crippen LogP contribution in [0.2, 0.25) is 0 Å². The van der Waals surface area contributed by atoms with Crippen LogP contribution < -0.4 is 27.4 Å². The van der Waals surface area contributed by atoms with Crippen molar-refractivity contribution in [2.24, 2.45) is 11.5 Å². The lowest BCUT2D eigenvalue weighted by atomic mass is 10.1. The number of amides is 4. The van der Waals surface area contributed by atoms with Crippen molar-refractivity contribution in [3.8, 4) is 0 Å². The summed E-state index contributed by atoms with van der Waals surface area (Å²) in [5.41, 5.74) is 11.3. The summed E-state index contributed by atoms with van der Waals surface area (Å²) in [7, 11) is 0. The van der Waals surface area contributed by atoms with Crippen LogP contribution in [0.15, 0.2) is 12.5 Å². The van der Waals surface area contributed by atoms with Gasteiger partial charge in [0.2, 0.25) is 23.6 Å². The minimum Gasteiger partial charge on any atom is -0.480 e. The molecule has 3 atom stereocenters. The van der Waals surface area contributed by atoms with E-state index in [9.17, 15) is 24.0 Å². The smallest absolute Gasteiger partial charge is 0.325 e. The van der Waals surface area contributed by atoms with Crippen molar-refractivity contribution in [3.63, 3.8) is 0 Å². The number of nitrogens with one attached hydrogen (secondary N) is 4. The zero-order chi connectivity index (χ0) is 22.0. The third-order valence-corrected chi connectivity index (χ3v) is 3.82. The van der Waals surface area contributed by atoms with E-state index >= 15 is 0 Å². The molecule has 13 nitrogen and oxygen atoms in total. The molecular formula is C16H25N7O6. The SMILES string of the molecule is CC(NC(=O)CNC(=O)C(Cc1cnc[nH]1)NC(=O)C(N)CCC(N)=O)C(=O)O. The molecule has 0 bridgehead atoms. The van der Waals surface area contributed by atoms with E-state index in [4.69, 9.17) is 16.6 Å². The molecule has 0 saturated heterocycles. The van der Waals surface area contributed by atoms with Gasteiger partial charge in [0.25, 0.3) is 0 Å². The zero-order valence-corrected chi connectivity index (χ0v) is 15.8. The number of carbonyl (C=O) groups is 5. The molecule has 4 amide bonds. The van der Waals surface area contributed by atoms with Gasteiger partial charge in [-0.2, -0.15) is 0 Å². The quantitative estimate of drug-likeness (QED) is 0.184. The van der Waals surface area contributed by atoms with Crippen LogP contribution in [0, 0.1) is 0 Å². The first kappa shape index (κ1) is 23.6. The van der Waals surface area contributed by atoms with Crippen LogP contribution >= 0.6 is 0 Å². The van der Waals surface area contributed by atoms with Gasteiger partial charge in [-0.05, 0) is 13.3 Å². The number of hydrogen-bond donors (Lipinski definition) is 7. The Morgan fingerprint density at radius 2 is 1.90 bits per heavy atom. The highest BCUT2D eigenvalue weighted by molar-refractivity contribution is 5.92. The molecule has 29 heavy (non-hydrogen) atoms. The monoisotopic (exact) mass is 411 g/mol. The number of imidazole rings is 1. The highest BCUT2D eigenvalue weighted by Crippen LogP contribution is 2.01. The zero-order valence-electron chi connectivity index (χ0n) is 15.8. The number of rotatable bonds is 12. The van der Waals surface area contributed by atoms with Crippen molar-refractivity contribution in [3.05, 3.63) is 18.2 Å². The van der Waals surface area contributed by atoms with Crippen molar-refractivity contribution in [2.75, 3.05) is 6.54 Å². The number of H-pyrrole nitrogens is 1. The number of primary amides is 1. The van der Waals surface area contributed by atoms with Crippen molar-refractivity contribution < 1.29 is 29.1 Å². The Morgan fingerprint density at radius 3 is 2.45 bits per heavy atom. The number of nitrogens with two attached hydrogens (primary N) is 2. The number of carboxylic acid groups (broad SMARTS) is 1. The Bertz CT molecular complexity index is 736. The second kappa shape index (κ2) is 11.4. The van der Waals surface area contributed by atoms with E-state index in [1.54, 1.807) is 0 Å². The van der Waals surface area contributed by atoms with Crippen molar-refractivity contribution in [2.45, 2.75) is 44.3 Å². The third-order valence-electron chi connectivity index (χ3n) is 3.82. The average molecular weight is 411 g/mol. The minimum atomic E-state index is -1.22. The summed E-state index contributed by atoms with van der Waals surface area (Å²) in [6.45, 7) is 0.788. The van der Waals surface area contributed by atoms with Gasteiger partial charge in [0.05, 0.1) is 18.9 Å². The molecule has 1 aromatic rings. The molecule has 0 aliphatic heterocycles. The first-order chi connectivity index (χ1) is 13.6. The molecule has 1 rings (SSSR count). The van der Waals surface area contributed by atoms with Gasteiger partial charge >= 0.3 is 5.97 Å². The molecule has 1 heterocycles. The Balaban J connectivity index is 2.69. The van der Waals surface area contributed by atoms with E-state index in [0.29, 0.717) is 5.69 Å². The predicted octanol–water partition coefficient (Wildman–Crippen LogP) is -3.26. The maximum Gasteiger partial charge on any atom is 0.325 e. The van der Waals surface area contributed by atoms with Crippen molar-refractivity contribution in [1.29, 1.82) is 0 Å². The van der Waals surface area contributed by atoms with E-state index in [1.165, 1.54) is 19.4 Å². The summed E-state index contributed by atoms with van der Waals surface area (Å²) in [5.74, 6) is -3.90. The van der Waals surface area contributed by atoms with Crippen LogP contribution in [-0.2, 0) is 30.4 Å². The second-order valence-corrected chi connectivity index (χ2v) is 6.30. The molecule has 0 fully saturated rings. The lowest BCUT2D eigenvalue weighted by Crippen LogP contribution is -2.54. The second-order valence-electron chi connectivity index (χ2n) is 6.30. The highest BCUT2D eigenvalue weighted by atomic mass is 16.4. The van der Waals surface area contributed by atoms with E-state index in [0.717, 1.165) is 0 Å². The lowest BCUT2D eigenvalue weighted by molar-refractivity contribution is -0.141. The maximum atomic E-state index is 12.4. The van der Waals surface area contributed by atoms with Gasteiger partial charge in [-0.1, -0.05) is 0 Å². The highest BCUT2D eigenvalue weighted by Gasteiger charge is 2.25. The van der Waals surface area contributed by atoms with Crippen LogP contribution in [0.1, 0.15) is 25.5 Å². The van der Waals surface area contributed by atoms with E-state index in [-0.39, 0.29) is 19.3 Å².